The normalized spacial score (nSPS) is 11.9. The predicted octanol–water partition coefficient (Wildman–Crippen LogP) is -0.564. The van der Waals surface area contributed by atoms with E-state index in [9.17, 15) is 0 Å². The first-order chi connectivity index (χ1) is 4.67. The quantitative estimate of drug-likeness (QED) is 0.578. The van der Waals surface area contributed by atoms with Gasteiger partial charge in [-0.1, -0.05) is 19.1 Å². The topological polar surface area (TPSA) is 80.5 Å². The smallest absolute Gasteiger partial charge is 0.181 e. The van der Waals surface area contributed by atoms with Crippen LogP contribution in [0, 0.1) is 0 Å². The Morgan fingerprint density at radius 2 is 2.30 bits per heavy atom. The van der Waals surface area contributed by atoms with Gasteiger partial charge in [0.05, 0.1) is 0 Å². The zero-order valence-corrected chi connectivity index (χ0v) is 6.13. The van der Waals surface area contributed by atoms with Crippen molar-refractivity contribution >= 4 is 0 Å². The van der Waals surface area contributed by atoms with Crippen molar-refractivity contribution in [3.8, 4) is 0 Å². The van der Waals surface area contributed by atoms with Crippen LogP contribution in [-0.2, 0) is 5.41 Å². The monoisotopic (exact) mass is 141 g/mol. The van der Waals surface area contributed by atoms with E-state index in [2.05, 4.69) is 20.6 Å². The van der Waals surface area contributed by atoms with Crippen molar-refractivity contribution in [3.63, 3.8) is 0 Å². The van der Waals surface area contributed by atoms with Gasteiger partial charge in [0.2, 0.25) is 0 Å². The highest BCUT2D eigenvalue weighted by molar-refractivity contribution is 4.99. The van der Waals surface area contributed by atoms with Gasteiger partial charge < -0.3 is 5.73 Å². The molecule has 56 valence electrons. The van der Waals surface area contributed by atoms with Crippen molar-refractivity contribution in [2.45, 2.75) is 19.3 Å². The Balaban J connectivity index is 2.85. The number of nitrogens with two attached hydrogens (primary N) is 1. The van der Waals surface area contributed by atoms with Gasteiger partial charge in [0.25, 0.3) is 0 Å². The highest BCUT2D eigenvalue weighted by atomic mass is 15.5. The molecule has 1 heterocycles. The largest absolute Gasteiger partial charge is 0.329 e. The molecule has 0 saturated carbocycles. The van der Waals surface area contributed by atoms with Gasteiger partial charge in [-0.3, -0.25) is 0 Å². The Labute approximate surface area is 59.0 Å². The van der Waals surface area contributed by atoms with Gasteiger partial charge in [0.1, 0.15) is 0 Å². The molecule has 0 amide bonds. The Bertz CT molecular complexity index is 190. The van der Waals surface area contributed by atoms with Crippen LogP contribution in [0.5, 0.6) is 0 Å². The molecule has 0 spiro atoms. The van der Waals surface area contributed by atoms with Crippen LogP contribution in [0.25, 0.3) is 0 Å². The van der Waals surface area contributed by atoms with Gasteiger partial charge in [0, 0.05) is 12.0 Å². The Morgan fingerprint density at radius 1 is 1.60 bits per heavy atom. The van der Waals surface area contributed by atoms with Crippen LogP contribution >= 0.6 is 0 Å². The first-order valence-electron chi connectivity index (χ1n) is 3.11. The van der Waals surface area contributed by atoms with Gasteiger partial charge in [-0.05, 0) is 0 Å². The molecule has 0 bridgehead atoms. The molecule has 0 radical (unpaired) electrons. The summed E-state index contributed by atoms with van der Waals surface area (Å²) in [6, 6.07) is 0. The second kappa shape index (κ2) is 2.34. The van der Waals surface area contributed by atoms with E-state index in [1.54, 1.807) is 0 Å². The molecule has 0 aliphatic carbocycles. The molecule has 1 rings (SSSR count). The van der Waals surface area contributed by atoms with E-state index in [4.69, 9.17) is 5.73 Å². The Morgan fingerprint density at radius 3 is 2.70 bits per heavy atom. The number of hydrogen-bond acceptors (Lipinski definition) is 4. The molecule has 0 aliphatic rings. The molecule has 1 aromatic rings. The fourth-order valence-corrected chi connectivity index (χ4v) is 0.540. The van der Waals surface area contributed by atoms with Crippen LogP contribution in [0.1, 0.15) is 19.7 Å². The maximum atomic E-state index is 5.48. The summed E-state index contributed by atoms with van der Waals surface area (Å²) in [5.74, 6) is 0.662. The molecule has 5 heteroatoms. The molecule has 5 nitrogen and oxygen atoms in total. The Kier molecular flexibility index (Phi) is 1.67. The summed E-state index contributed by atoms with van der Waals surface area (Å²) in [4.78, 5) is 0. The number of tetrazole rings is 1. The number of rotatable bonds is 2. The number of aromatic nitrogens is 4. The molecular weight excluding hydrogens is 130 g/mol. The number of aromatic amines is 1. The minimum Gasteiger partial charge on any atom is -0.329 e. The predicted molar refractivity (Wildman–Crippen MR) is 36.3 cm³/mol. The summed E-state index contributed by atoms with van der Waals surface area (Å²) in [5.41, 5.74) is 5.30. The minimum absolute atomic E-state index is 0.174. The van der Waals surface area contributed by atoms with E-state index in [0.717, 1.165) is 0 Å². The lowest BCUT2D eigenvalue weighted by molar-refractivity contribution is 0.503. The first kappa shape index (κ1) is 7.14. The van der Waals surface area contributed by atoms with Crippen molar-refractivity contribution in [1.82, 2.24) is 20.6 Å². The summed E-state index contributed by atoms with van der Waals surface area (Å²) in [7, 11) is 0. The van der Waals surface area contributed by atoms with E-state index in [-0.39, 0.29) is 5.41 Å². The molecule has 0 fully saturated rings. The summed E-state index contributed by atoms with van der Waals surface area (Å²) in [5, 5.41) is 13.5. The first-order valence-corrected chi connectivity index (χ1v) is 3.11. The van der Waals surface area contributed by atoms with Crippen molar-refractivity contribution in [2.75, 3.05) is 6.54 Å². The van der Waals surface area contributed by atoms with E-state index < -0.39 is 0 Å². The molecule has 0 aromatic carbocycles. The van der Waals surface area contributed by atoms with Crippen molar-refractivity contribution in [1.29, 1.82) is 0 Å². The summed E-state index contributed by atoms with van der Waals surface area (Å²) < 4.78 is 0. The molecule has 3 N–H and O–H groups in total. The van der Waals surface area contributed by atoms with Crippen molar-refractivity contribution < 1.29 is 0 Å². The van der Waals surface area contributed by atoms with Crippen LogP contribution in [0.15, 0.2) is 0 Å². The van der Waals surface area contributed by atoms with Crippen LogP contribution in [0.2, 0.25) is 0 Å². The standard InChI is InChI=1S/C5H11N5/c1-5(2,3-6)4-7-9-10-8-4/h3,6H2,1-2H3,(H,7,8,9,10). The number of nitrogens with zero attached hydrogens (tertiary/aromatic N) is 3. The van der Waals surface area contributed by atoms with E-state index in [1.807, 2.05) is 13.8 Å². The van der Waals surface area contributed by atoms with Crippen molar-refractivity contribution in [2.24, 2.45) is 5.73 Å². The SMILES string of the molecule is CC(C)(CN)c1nn[nH]n1. The van der Waals surface area contributed by atoms with E-state index >= 15 is 0 Å². The third-order valence-corrected chi connectivity index (χ3v) is 1.46. The lowest BCUT2D eigenvalue weighted by atomic mass is 9.93. The fourth-order valence-electron chi connectivity index (χ4n) is 0.540. The van der Waals surface area contributed by atoms with E-state index in [1.165, 1.54) is 0 Å². The average Bonchev–Trinajstić information content (AvgIpc) is 2.38. The molecular formula is C5H11N5. The average molecular weight is 141 g/mol. The third kappa shape index (κ3) is 1.13. The number of H-pyrrole nitrogens is 1. The fraction of sp³-hybridized carbons (Fsp3) is 0.800. The minimum atomic E-state index is -0.174. The number of hydrogen-bond donors (Lipinski definition) is 2. The van der Waals surface area contributed by atoms with Crippen molar-refractivity contribution in [3.05, 3.63) is 5.82 Å². The Hall–Kier alpha value is -0.970. The van der Waals surface area contributed by atoms with E-state index in [0.29, 0.717) is 12.4 Å². The lowest BCUT2D eigenvalue weighted by Crippen LogP contribution is -2.29. The molecule has 1 aromatic heterocycles. The van der Waals surface area contributed by atoms with Gasteiger partial charge >= 0.3 is 0 Å². The highest BCUT2D eigenvalue weighted by Gasteiger charge is 2.22. The van der Waals surface area contributed by atoms with Gasteiger partial charge in [-0.2, -0.15) is 5.21 Å². The van der Waals surface area contributed by atoms with Crippen LogP contribution < -0.4 is 5.73 Å². The second-order valence-corrected chi connectivity index (χ2v) is 2.82. The van der Waals surface area contributed by atoms with Gasteiger partial charge in [0.15, 0.2) is 5.82 Å². The maximum absolute atomic E-state index is 5.48. The van der Waals surface area contributed by atoms with Gasteiger partial charge in [-0.25, -0.2) is 0 Å². The molecule has 0 aliphatic heterocycles. The molecule has 10 heavy (non-hydrogen) atoms. The zero-order chi connectivity index (χ0) is 7.61. The van der Waals surface area contributed by atoms with Crippen LogP contribution in [-0.4, -0.2) is 27.2 Å². The zero-order valence-electron chi connectivity index (χ0n) is 6.13. The van der Waals surface area contributed by atoms with Crippen LogP contribution in [0.4, 0.5) is 0 Å². The lowest BCUT2D eigenvalue weighted by Gasteiger charge is -2.15. The second-order valence-electron chi connectivity index (χ2n) is 2.82. The third-order valence-electron chi connectivity index (χ3n) is 1.46. The maximum Gasteiger partial charge on any atom is 0.181 e. The number of nitrogens with one attached hydrogen (secondary N) is 1. The summed E-state index contributed by atoms with van der Waals surface area (Å²) in [6.07, 6.45) is 0. The summed E-state index contributed by atoms with van der Waals surface area (Å²) >= 11 is 0. The van der Waals surface area contributed by atoms with Gasteiger partial charge in [-0.15, -0.1) is 10.2 Å². The highest BCUT2D eigenvalue weighted by Crippen LogP contribution is 2.14. The molecule has 0 saturated heterocycles. The molecule has 0 atom stereocenters. The van der Waals surface area contributed by atoms with Crippen LogP contribution in [0.3, 0.4) is 0 Å². The summed E-state index contributed by atoms with van der Waals surface area (Å²) in [6.45, 7) is 4.46. The molecule has 0 unspecified atom stereocenters.